The van der Waals surface area contributed by atoms with Crippen LogP contribution in [0.4, 0.5) is 0 Å². The van der Waals surface area contributed by atoms with Gasteiger partial charge in [0.2, 0.25) is 0 Å². The summed E-state index contributed by atoms with van der Waals surface area (Å²) in [5, 5.41) is 10.5. The predicted molar refractivity (Wildman–Crippen MR) is 56.1 cm³/mol. The van der Waals surface area contributed by atoms with Crippen LogP contribution in [0.1, 0.15) is 12.0 Å². The third-order valence-corrected chi connectivity index (χ3v) is 1.96. The molecule has 0 unspecified atom stereocenters. The standard InChI is InChI=1S/C10H8ClN3/c11-6-2-1-3-8-4-5-9-10(7-8)13-14-12-9/h4-5,7H,2,6H2,(H,12,13,14). The van der Waals surface area contributed by atoms with Crippen LogP contribution in [0, 0.1) is 11.8 Å². The zero-order chi connectivity index (χ0) is 9.80. The Morgan fingerprint density at radius 2 is 2.14 bits per heavy atom. The van der Waals surface area contributed by atoms with Crippen molar-refractivity contribution in [2.75, 3.05) is 5.88 Å². The first-order valence-corrected chi connectivity index (χ1v) is 4.79. The minimum atomic E-state index is 0.569. The average molecular weight is 206 g/mol. The molecule has 0 spiro atoms. The van der Waals surface area contributed by atoms with Crippen LogP contribution in [0.15, 0.2) is 18.2 Å². The van der Waals surface area contributed by atoms with E-state index >= 15 is 0 Å². The van der Waals surface area contributed by atoms with Crippen LogP contribution in [-0.2, 0) is 0 Å². The normalized spacial score (nSPS) is 9.79. The van der Waals surface area contributed by atoms with Crippen molar-refractivity contribution in [3.8, 4) is 11.8 Å². The Morgan fingerprint density at radius 3 is 3.00 bits per heavy atom. The van der Waals surface area contributed by atoms with Crippen LogP contribution in [0.25, 0.3) is 11.0 Å². The fourth-order valence-electron chi connectivity index (χ4n) is 1.13. The van der Waals surface area contributed by atoms with E-state index in [1.807, 2.05) is 18.2 Å². The van der Waals surface area contributed by atoms with Gasteiger partial charge in [0.25, 0.3) is 0 Å². The number of aromatic amines is 1. The molecule has 0 bridgehead atoms. The van der Waals surface area contributed by atoms with E-state index in [2.05, 4.69) is 27.3 Å². The SMILES string of the molecule is ClCCC#Cc1ccc2n[nH]nc2c1. The number of hydrogen-bond acceptors (Lipinski definition) is 2. The molecule has 2 rings (SSSR count). The molecule has 0 saturated heterocycles. The number of nitrogens with zero attached hydrogens (tertiary/aromatic N) is 2. The van der Waals surface area contributed by atoms with Crippen LogP contribution in [0.3, 0.4) is 0 Å². The lowest BCUT2D eigenvalue weighted by Crippen LogP contribution is -1.76. The number of benzene rings is 1. The van der Waals surface area contributed by atoms with E-state index in [0.717, 1.165) is 16.6 Å². The second-order valence-electron chi connectivity index (χ2n) is 2.77. The molecule has 0 radical (unpaired) electrons. The molecule has 0 aliphatic carbocycles. The Kier molecular flexibility index (Phi) is 2.66. The number of alkyl halides is 1. The molecule has 2 aromatic rings. The summed E-state index contributed by atoms with van der Waals surface area (Å²) in [5.41, 5.74) is 2.63. The summed E-state index contributed by atoms with van der Waals surface area (Å²) in [4.78, 5) is 0. The van der Waals surface area contributed by atoms with E-state index in [-0.39, 0.29) is 0 Å². The maximum Gasteiger partial charge on any atom is 0.114 e. The van der Waals surface area contributed by atoms with Crippen molar-refractivity contribution < 1.29 is 0 Å². The minimum absolute atomic E-state index is 0.569. The lowest BCUT2D eigenvalue weighted by atomic mass is 10.2. The van der Waals surface area contributed by atoms with E-state index < -0.39 is 0 Å². The molecule has 0 fully saturated rings. The topological polar surface area (TPSA) is 41.6 Å². The smallest absolute Gasteiger partial charge is 0.114 e. The maximum absolute atomic E-state index is 5.52. The van der Waals surface area contributed by atoms with Gasteiger partial charge >= 0.3 is 0 Å². The van der Waals surface area contributed by atoms with Gasteiger partial charge in [-0.25, -0.2) is 0 Å². The maximum atomic E-state index is 5.52. The van der Waals surface area contributed by atoms with Crippen molar-refractivity contribution in [1.82, 2.24) is 15.4 Å². The number of fused-ring (bicyclic) bond motifs is 1. The minimum Gasteiger partial charge on any atom is -0.197 e. The molecule has 1 heterocycles. The summed E-state index contributed by atoms with van der Waals surface area (Å²) in [6.07, 6.45) is 0.707. The highest BCUT2D eigenvalue weighted by atomic mass is 35.5. The van der Waals surface area contributed by atoms with Gasteiger partial charge in [0.1, 0.15) is 11.0 Å². The van der Waals surface area contributed by atoms with Gasteiger partial charge in [-0.05, 0) is 18.2 Å². The molecule has 1 aromatic heterocycles. The van der Waals surface area contributed by atoms with Gasteiger partial charge in [-0.2, -0.15) is 15.4 Å². The predicted octanol–water partition coefficient (Wildman–Crippen LogP) is 1.94. The van der Waals surface area contributed by atoms with Crippen LogP contribution >= 0.6 is 11.6 Å². The number of H-pyrrole nitrogens is 1. The largest absolute Gasteiger partial charge is 0.197 e. The van der Waals surface area contributed by atoms with Crippen LogP contribution in [-0.4, -0.2) is 21.3 Å². The third-order valence-electron chi connectivity index (χ3n) is 1.77. The second-order valence-corrected chi connectivity index (χ2v) is 3.15. The van der Waals surface area contributed by atoms with Crippen LogP contribution < -0.4 is 0 Å². The zero-order valence-corrected chi connectivity index (χ0v) is 8.17. The highest BCUT2D eigenvalue weighted by Crippen LogP contribution is 2.09. The first-order chi connectivity index (χ1) is 6.90. The monoisotopic (exact) mass is 205 g/mol. The third kappa shape index (κ3) is 1.86. The molecule has 0 atom stereocenters. The van der Waals surface area contributed by atoms with E-state index in [0.29, 0.717) is 12.3 Å². The lowest BCUT2D eigenvalue weighted by molar-refractivity contribution is 0.959. The van der Waals surface area contributed by atoms with E-state index in [1.165, 1.54) is 0 Å². The van der Waals surface area contributed by atoms with Gasteiger partial charge in [-0.3, -0.25) is 0 Å². The van der Waals surface area contributed by atoms with Crippen molar-refractivity contribution in [2.45, 2.75) is 6.42 Å². The number of rotatable bonds is 1. The Balaban J connectivity index is 2.31. The van der Waals surface area contributed by atoms with Crippen molar-refractivity contribution in [2.24, 2.45) is 0 Å². The van der Waals surface area contributed by atoms with Gasteiger partial charge in [-0.1, -0.05) is 11.8 Å². The fraction of sp³-hybridized carbons (Fsp3) is 0.200. The number of aromatic nitrogens is 3. The molecule has 0 amide bonds. The first kappa shape index (κ1) is 9.04. The molecule has 70 valence electrons. The molecule has 0 saturated carbocycles. The molecular weight excluding hydrogens is 198 g/mol. The quantitative estimate of drug-likeness (QED) is 0.571. The van der Waals surface area contributed by atoms with Gasteiger partial charge in [0, 0.05) is 17.9 Å². The molecule has 1 aromatic carbocycles. The van der Waals surface area contributed by atoms with E-state index in [4.69, 9.17) is 11.6 Å². The molecule has 3 nitrogen and oxygen atoms in total. The van der Waals surface area contributed by atoms with Crippen LogP contribution in [0.2, 0.25) is 0 Å². The first-order valence-electron chi connectivity index (χ1n) is 4.25. The van der Waals surface area contributed by atoms with Crippen molar-refractivity contribution in [3.05, 3.63) is 23.8 Å². The van der Waals surface area contributed by atoms with Gasteiger partial charge in [0.05, 0.1) is 0 Å². The molecule has 4 heteroatoms. The second kappa shape index (κ2) is 4.12. The summed E-state index contributed by atoms with van der Waals surface area (Å²) in [6, 6.07) is 5.72. The number of nitrogens with one attached hydrogen (secondary N) is 1. The highest BCUT2D eigenvalue weighted by Gasteiger charge is 1.96. The van der Waals surface area contributed by atoms with Gasteiger partial charge in [-0.15, -0.1) is 11.6 Å². The lowest BCUT2D eigenvalue weighted by Gasteiger charge is -1.88. The van der Waals surface area contributed by atoms with E-state index in [1.54, 1.807) is 0 Å². The van der Waals surface area contributed by atoms with Crippen molar-refractivity contribution in [3.63, 3.8) is 0 Å². The van der Waals surface area contributed by atoms with Gasteiger partial charge in [0.15, 0.2) is 0 Å². The Hall–Kier alpha value is -1.53. The Labute approximate surface area is 86.5 Å². The van der Waals surface area contributed by atoms with Crippen molar-refractivity contribution >= 4 is 22.6 Å². The number of halogens is 1. The average Bonchev–Trinajstić information content (AvgIpc) is 2.65. The zero-order valence-electron chi connectivity index (χ0n) is 7.42. The summed E-state index contributed by atoms with van der Waals surface area (Å²) in [7, 11) is 0. The number of hydrogen-bond donors (Lipinski definition) is 1. The molecular formula is C10H8ClN3. The Morgan fingerprint density at radius 1 is 1.29 bits per heavy atom. The van der Waals surface area contributed by atoms with Crippen LogP contribution in [0.5, 0.6) is 0 Å². The van der Waals surface area contributed by atoms with Crippen molar-refractivity contribution in [1.29, 1.82) is 0 Å². The van der Waals surface area contributed by atoms with Gasteiger partial charge < -0.3 is 0 Å². The molecule has 0 aliphatic rings. The molecule has 1 N–H and O–H groups in total. The summed E-state index contributed by atoms with van der Waals surface area (Å²) in [6.45, 7) is 0. The molecule has 0 aliphatic heterocycles. The Bertz CT molecular complexity index is 493. The fourth-order valence-corrected chi connectivity index (χ4v) is 1.22. The summed E-state index contributed by atoms with van der Waals surface area (Å²) >= 11 is 5.52. The highest BCUT2D eigenvalue weighted by molar-refractivity contribution is 6.18. The van der Waals surface area contributed by atoms with E-state index in [9.17, 15) is 0 Å². The molecule has 14 heavy (non-hydrogen) atoms. The summed E-state index contributed by atoms with van der Waals surface area (Å²) < 4.78 is 0. The summed E-state index contributed by atoms with van der Waals surface area (Å²) in [5.74, 6) is 6.55.